The van der Waals surface area contributed by atoms with Crippen molar-refractivity contribution in [3.8, 4) is 0 Å². The Labute approximate surface area is 94.3 Å². The second kappa shape index (κ2) is 5.45. The average Bonchev–Trinajstić information content (AvgIpc) is 2.18. The molecule has 0 aromatic heterocycles. The summed E-state index contributed by atoms with van der Waals surface area (Å²) in [5, 5.41) is -0.442. The Bertz CT molecular complexity index is 323. The Morgan fingerprint density at radius 1 is 1.20 bits per heavy atom. The lowest BCUT2D eigenvalue weighted by molar-refractivity contribution is 0.530. The van der Waals surface area contributed by atoms with E-state index in [-0.39, 0.29) is 5.56 Å². The van der Waals surface area contributed by atoms with Gasteiger partial charge in [-0.2, -0.15) is 0 Å². The first-order valence-electron chi connectivity index (χ1n) is 5.09. The average molecular weight is 233 g/mol. The number of alkyl halides is 1. The molecule has 0 aliphatic carbocycles. The highest BCUT2D eigenvalue weighted by Crippen LogP contribution is 2.29. The van der Waals surface area contributed by atoms with Gasteiger partial charge >= 0.3 is 0 Å². The largest absolute Gasteiger partial charge is 0.207 e. The fourth-order valence-electron chi connectivity index (χ4n) is 1.39. The lowest BCUT2D eigenvalue weighted by atomic mass is 10.0. The minimum absolute atomic E-state index is 0.261. The van der Waals surface area contributed by atoms with E-state index in [9.17, 15) is 8.78 Å². The molecule has 1 aromatic carbocycles. The van der Waals surface area contributed by atoms with Crippen molar-refractivity contribution >= 4 is 11.6 Å². The van der Waals surface area contributed by atoms with Gasteiger partial charge in [-0.05, 0) is 37.0 Å². The predicted octanol–water partition coefficient (Wildman–Crippen LogP) is 4.68. The number of rotatable bonds is 4. The maximum absolute atomic E-state index is 13.3. The van der Waals surface area contributed by atoms with E-state index < -0.39 is 17.0 Å². The third-order valence-electron chi connectivity index (χ3n) is 2.29. The SMILES string of the molecule is CC(C)CCC(Cl)c1cc(F)ccc1F. The molecule has 0 N–H and O–H groups in total. The summed E-state index contributed by atoms with van der Waals surface area (Å²) in [5.74, 6) is -0.357. The van der Waals surface area contributed by atoms with Gasteiger partial charge in [-0.15, -0.1) is 11.6 Å². The molecule has 15 heavy (non-hydrogen) atoms. The van der Waals surface area contributed by atoms with Crippen LogP contribution in [0.25, 0.3) is 0 Å². The number of hydrogen-bond donors (Lipinski definition) is 0. The van der Waals surface area contributed by atoms with E-state index in [0.717, 1.165) is 18.6 Å². The Kier molecular flexibility index (Phi) is 4.52. The third-order valence-corrected chi connectivity index (χ3v) is 2.75. The summed E-state index contributed by atoms with van der Waals surface area (Å²) in [7, 11) is 0. The molecule has 0 aliphatic heterocycles. The monoisotopic (exact) mass is 232 g/mol. The van der Waals surface area contributed by atoms with Gasteiger partial charge in [0.25, 0.3) is 0 Å². The van der Waals surface area contributed by atoms with Crippen LogP contribution < -0.4 is 0 Å². The molecule has 0 aliphatic rings. The van der Waals surface area contributed by atoms with E-state index in [1.807, 2.05) is 0 Å². The van der Waals surface area contributed by atoms with Crippen molar-refractivity contribution in [2.24, 2.45) is 5.92 Å². The summed E-state index contributed by atoms with van der Waals surface area (Å²) >= 11 is 6.02. The van der Waals surface area contributed by atoms with E-state index in [1.54, 1.807) is 0 Å². The third kappa shape index (κ3) is 3.78. The van der Waals surface area contributed by atoms with Gasteiger partial charge in [0.05, 0.1) is 5.38 Å². The molecule has 3 heteroatoms. The number of hydrogen-bond acceptors (Lipinski definition) is 0. The van der Waals surface area contributed by atoms with Crippen molar-refractivity contribution in [2.75, 3.05) is 0 Å². The maximum Gasteiger partial charge on any atom is 0.128 e. The molecule has 0 nitrogen and oxygen atoms in total. The summed E-state index contributed by atoms with van der Waals surface area (Å²) in [5.41, 5.74) is 0.261. The highest BCUT2D eigenvalue weighted by molar-refractivity contribution is 6.20. The Morgan fingerprint density at radius 3 is 2.47 bits per heavy atom. The van der Waals surface area contributed by atoms with Gasteiger partial charge in [0.15, 0.2) is 0 Å². The van der Waals surface area contributed by atoms with E-state index >= 15 is 0 Å². The number of benzene rings is 1. The summed E-state index contributed by atoms with van der Waals surface area (Å²) in [6.07, 6.45) is 1.57. The fraction of sp³-hybridized carbons (Fsp3) is 0.500. The molecule has 0 bridgehead atoms. The first-order chi connectivity index (χ1) is 7.00. The highest BCUT2D eigenvalue weighted by atomic mass is 35.5. The Hall–Kier alpha value is -0.630. The second-order valence-corrected chi connectivity index (χ2v) is 4.63. The molecule has 0 radical (unpaired) electrons. The van der Waals surface area contributed by atoms with Crippen molar-refractivity contribution in [3.63, 3.8) is 0 Å². The van der Waals surface area contributed by atoms with E-state index in [1.165, 1.54) is 6.07 Å². The van der Waals surface area contributed by atoms with Crippen LogP contribution in [0, 0.1) is 17.6 Å². The summed E-state index contributed by atoms with van der Waals surface area (Å²) in [6.45, 7) is 4.15. The van der Waals surface area contributed by atoms with Crippen LogP contribution in [0.1, 0.15) is 37.6 Å². The van der Waals surface area contributed by atoms with Crippen LogP contribution in [-0.2, 0) is 0 Å². The molecule has 0 spiro atoms. The first kappa shape index (κ1) is 12.4. The zero-order valence-corrected chi connectivity index (χ0v) is 9.69. The zero-order valence-electron chi connectivity index (χ0n) is 8.93. The van der Waals surface area contributed by atoms with Gasteiger partial charge in [-0.25, -0.2) is 8.78 Å². The number of halogens is 3. The topological polar surface area (TPSA) is 0 Å². The van der Waals surface area contributed by atoms with Crippen LogP contribution in [0.3, 0.4) is 0 Å². The van der Waals surface area contributed by atoms with Crippen LogP contribution in [0.2, 0.25) is 0 Å². The van der Waals surface area contributed by atoms with Crippen molar-refractivity contribution < 1.29 is 8.78 Å². The molecule has 0 heterocycles. The van der Waals surface area contributed by atoms with Crippen molar-refractivity contribution in [1.29, 1.82) is 0 Å². The predicted molar refractivity (Wildman–Crippen MR) is 59.0 cm³/mol. The summed E-state index contributed by atoms with van der Waals surface area (Å²) in [6, 6.07) is 3.40. The highest BCUT2D eigenvalue weighted by Gasteiger charge is 2.14. The van der Waals surface area contributed by atoms with Crippen LogP contribution in [0.4, 0.5) is 8.78 Å². The molecule has 1 unspecified atom stereocenters. The molecule has 84 valence electrons. The molecule has 1 rings (SSSR count). The van der Waals surface area contributed by atoms with Crippen molar-refractivity contribution in [3.05, 3.63) is 35.4 Å². The molecule has 0 fully saturated rings. The Balaban J connectivity index is 2.72. The summed E-state index contributed by atoms with van der Waals surface area (Å²) in [4.78, 5) is 0. The van der Waals surface area contributed by atoms with Crippen LogP contribution >= 0.6 is 11.6 Å². The summed E-state index contributed by atoms with van der Waals surface area (Å²) < 4.78 is 26.2. The molecular formula is C12H15ClF2. The standard InChI is InChI=1S/C12H15ClF2/c1-8(2)3-5-11(13)10-7-9(14)4-6-12(10)15/h4,6-8,11H,3,5H2,1-2H3. The van der Waals surface area contributed by atoms with Gasteiger partial charge < -0.3 is 0 Å². The second-order valence-electron chi connectivity index (χ2n) is 4.10. The van der Waals surface area contributed by atoms with Crippen LogP contribution in [-0.4, -0.2) is 0 Å². The molecule has 0 amide bonds. The van der Waals surface area contributed by atoms with E-state index in [0.29, 0.717) is 12.3 Å². The van der Waals surface area contributed by atoms with Gasteiger partial charge in [-0.1, -0.05) is 13.8 Å². The smallest absolute Gasteiger partial charge is 0.128 e. The Morgan fingerprint density at radius 2 is 1.87 bits per heavy atom. The minimum Gasteiger partial charge on any atom is -0.207 e. The van der Waals surface area contributed by atoms with Crippen LogP contribution in [0.15, 0.2) is 18.2 Å². The fourth-order valence-corrected chi connectivity index (χ4v) is 1.68. The van der Waals surface area contributed by atoms with Gasteiger partial charge in [-0.3, -0.25) is 0 Å². The van der Waals surface area contributed by atoms with Crippen molar-refractivity contribution in [1.82, 2.24) is 0 Å². The lowest BCUT2D eigenvalue weighted by Crippen LogP contribution is -1.98. The quantitative estimate of drug-likeness (QED) is 0.661. The van der Waals surface area contributed by atoms with E-state index in [4.69, 9.17) is 11.6 Å². The van der Waals surface area contributed by atoms with Crippen molar-refractivity contribution in [2.45, 2.75) is 32.1 Å². The van der Waals surface area contributed by atoms with Gasteiger partial charge in [0.1, 0.15) is 11.6 Å². The maximum atomic E-state index is 13.3. The molecule has 0 saturated carbocycles. The molecule has 1 aromatic rings. The molecule has 0 saturated heterocycles. The first-order valence-corrected chi connectivity index (χ1v) is 5.53. The molecular weight excluding hydrogens is 218 g/mol. The normalized spacial score (nSPS) is 13.2. The van der Waals surface area contributed by atoms with Crippen LogP contribution in [0.5, 0.6) is 0 Å². The van der Waals surface area contributed by atoms with E-state index in [2.05, 4.69) is 13.8 Å². The van der Waals surface area contributed by atoms with Gasteiger partial charge in [0, 0.05) is 5.56 Å². The zero-order chi connectivity index (χ0) is 11.4. The van der Waals surface area contributed by atoms with Gasteiger partial charge in [0.2, 0.25) is 0 Å². The molecule has 1 atom stereocenters. The minimum atomic E-state index is -0.443. The lowest BCUT2D eigenvalue weighted by Gasteiger charge is -2.12.